The van der Waals surface area contributed by atoms with E-state index in [-0.39, 0.29) is 13.0 Å². The minimum atomic E-state index is -1.28. The SMILES string of the molecule is CC[C@]1(c2ccc(F)cc2)NC(=O)N(CC(=O)NCc2cccs2)C1=O. The van der Waals surface area contributed by atoms with E-state index in [4.69, 9.17) is 0 Å². The van der Waals surface area contributed by atoms with Crippen molar-refractivity contribution in [1.29, 1.82) is 0 Å². The molecule has 3 rings (SSSR count). The lowest BCUT2D eigenvalue weighted by atomic mass is 9.87. The van der Waals surface area contributed by atoms with E-state index in [2.05, 4.69) is 10.6 Å². The summed E-state index contributed by atoms with van der Waals surface area (Å²) in [5.41, 5.74) is -0.792. The highest BCUT2D eigenvalue weighted by atomic mass is 32.1. The topological polar surface area (TPSA) is 78.5 Å². The summed E-state index contributed by atoms with van der Waals surface area (Å²) in [7, 11) is 0. The number of carbonyl (C=O) groups is 3. The van der Waals surface area contributed by atoms with Crippen molar-refractivity contribution in [2.75, 3.05) is 6.54 Å². The first-order chi connectivity index (χ1) is 12.5. The fraction of sp³-hybridized carbons (Fsp3) is 0.278. The lowest BCUT2D eigenvalue weighted by Crippen LogP contribution is -2.44. The predicted octanol–water partition coefficient (Wildman–Crippen LogP) is 2.36. The Balaban J connectivity index is 1.73. The number of thiophene rings is 1. The Hall–Kier alpha value is -2.74. The predicted molar refractivity (Wildman–Crippen MR) is 94.8 cm³/mol. The fourth-order valence-electron chi connectivity index (χ4n) is 2.94. The second kappa shape index (κ2) is 7.25. The fourth-order valence-corrected chi connectivity index (χ4v) is 3.59. The third-order valence-corrected chi connectivity index (χ3v) is 5.26. The van der Waals surface area contributed by atoms with E-state index in [1.54, 1.807) is 6.92 Å². The van der Waals surface area contributed by atoms with Gasteiger partial charge in [-0.2, -0.15) is 0 Å². The van der Waals surface area contributed by atoms with E-state index in [1.165, 1.54) is 35.6 Å². The van der Waals surface area contributed by atoms with Crippen molar-refractivity contribution in [3.05, 3.63) is 58.0 Å². The van der Waals surface area contributed by atoms with Gasteiger partial charge in [0.15, 0.2) is 0 Å². The quantitative estimate of drug-likeness (QED) is 0.761. The van der Waals surface area contributed by atoms with Crippen LogP contribution in [-0.2, 0) is 21.7 Å². The molecule has 4 amide bonds. The monoisotopic (exact) mass is 375 g/mol. The van der Waals surface area contributed by atoms with Gasteiger partial charge < -0.3 is 10.6 Å². The number of carbonyl (C=O) groups excluding carboxylic acids is 3. The zero-order valence-corrected chi connectivity index (χ0v) is 14.9. The first-order valence-corrected chi connectivity index (χ1v) is 9.03. The van der Waals surface area contributed by atoms with Gasteiger partial charge in [-0.15, -0.1) is 11.3 Å². The van der Waals surface area contributed by atoms with Gasteiger partial charge in [0.25, 0.3) is 5.91 Å². The number of halogens is 1. The molecule has 2 N–H and O–H groups in total. The smallest absolute Gasteiger partial charge is 0.325 e. The van der Waals surface area contributed by atoms with Crippen LogP contribution in [0.15, 0.2) is 41.8 Å². The number of nitrogens with one attached hydrogen (secondary N) is 2. The molecule has 0 unspecified atom stereocenters. The first kappa shape index (κ1) is 18.1. The molecule has 136 valence electrons. The summed E-state index contributed by atoms with van der Waals surface area (Å²) in [4.78, 5) is 39.2. The molecule has 2 aromatic rings. The molecule has 1 fully saturated rings. The van der Waals surface area contributed by atoms with E-state index < -0.39 is 29.2 Å². The van der Waals surface area contributed by atoms with Gasteiger partial charge in [0.1, 0.15) is 17.9 Å². The van der Waals surface area contributed by atoms with E-state index in [1.807, 2.05) is 17.5 Å². The average Bonchev–Trinajstić information content (AvgIpc) is 3.23. The van der Waals surface area contributed by atoms with Crippen molar-refractivity contribution in [2.45, 2.75) is 25.4 Å². The summed E-state index contributed by atoms with van der Waals surface area (Å²) < 4.78 is 13.2. The van der Waals surface area contributed by atoms with Crippen LogP contribution in [0.2, 0.25) is 0 Å². The molecule has 1 aromatic carbocycles. The summed E-state index contributed by atoms with van der Waals surface area (Å²) >= 11 is 1.51. The molecule has 1 aliphatic rings. The first-order valence-electron chi connectivity index (χ1n) is 8.15. The van der Waals surface area contributed by atoms with Gasteiger partial charge in [-0.25, -0.2) is 9.18 Å². The Morgan fingerprint density at radius 1 is 1.27 bits per heavy atom. The van der Waals surface area contributed by atoms with Crippen molar-refractivity contribution in [1.82, 2.24) is 15.5 Å². The minimum absolute atomic E-state index is 0.288. The van der Waals surface area contributed by atoms with Crippen LogP contribution in [0.4, 0.5) is 9.18 Å². The van der Waals surface area contributed by atoms with E-state index in [9.17, 15) is 18.8 Å². The van der Waals surface area contributed by atoms with Crippen molar-refractivity contribution < 1.29 is 18.8 Å². The molecule has 6 nitrogen and oxygen atoms in total. The molecule has 1 aromatic heterocycles. The molecule has 0 aliphatic carbocycles. The number of benzene rings is 1. The lowest BCUT2D eigenvalue weighted by molar-refractivity contribution is -0.135. The molecule has 0 radical (unpaired) electrons. The summed E-state index contributed by atoms with van der Waals surface area (Å²) in [5, 5.41) is 7.26. The van der Waals surface area contributed by atoms with Gasteiger partial charge in [-0.05, 0) is 35.6 Å². The second-order valence-corrected chi connectivity index (χ2v) is 6.98. The number of nitrogens with zero attached hydrogens (tertiary/aromatic N) is 1. The molecule has 0 saturated carbocycles. The van der Waals surface area contributed by atoms with Crippen LogP contribution in [0.5, 0.6) is 0 Å². The standard InChI is InChI=1S/C18H18FN3O3S/c1-2-18(12-5-7-13(19)8-6-12)16(24)22(17(25)21-18)11-15(23)20-10-14-4-3-9-26-14/h3-9H,2,10-11H2,1H3,(H,20,23)(H,21,25)/t18-/m1/s1. The number of amides is 4. The van der Waals surface area contributed by atoms with E-state index >= 15 is 0 Å². The largest absolute Gasteiger partial charge is 0.350 e. The number of hydrogen-bond acceptors (Lipinski definition) is 4. The van der Waals surface area contributed by atoms with Crippen LogP contribution in [0.25, 0.3) is 0 Å². The molecule has 1 aliphatic heterocycles. The summed E-state index contributed by atoms with van der Waals surface area (Å²) in [6.45, 7) is 1.73. The zero-order valence-electron chi connectivity index (χ0n) is 14.1. The van der Waals surface area contributed by atoms with Gasteiger partial charge in [0.2, 0.25) is 5.91 Å². The molecule has 2 heterocycles. The van der Waals surface area contributed by atoms with Crippen molar-refractivity contribution in [2.24, 2.45) is 0 Å². The lowest BCUT2D eigenvalue weighted by Gasteiger charge is -2.25. The maximum Gasteiger partial charge on any atom is 0.325 e. The van der Waals surface area contributed by atoms with E-state index in [0.29, 0.717) is 12.1 Å². The molecular formula is C18H18FN3O3S. The van der Waals surface area contributed by atoms with Gasteiger partial charge >= 0.3 is 6.03 Å². The number of imide groups is 1. The molecule has 1 saturated heterocycles. The Labute approximate surface area is 154 Å². The molecule has 1 atom stereocenters. The average molecular weight is 375 g/mol. The van der Waals surface area contributed by atoms with Gasteiger partial charge in [-0.1, -0.05) is 25.1 Å². The second-order valence-electron chi connectivity index (χ2n) is 5.94. The third kappa shape index (κ3) is 3.32. The maximum atomic E-state index is 13.2. The van der Waals surface area contributed by atoms with E-state index in [0.717, 1.165) is 9.78 Å². The van der Waals surface area contributed by atoms with Crippen LogP contribution < -0.4 is 10.6 Å². The summed E-state index contributed by atoms with van der Waals surface area (Å²) in [6.07, 6.45) is 0.288. The van der Waals surface area contributed by atoms with Gasteiger partial charge in [0, 0.05) is 4.88 Å². The highest BCUT2D eigenvalue weighted by Crippen LogP contribution is 2.32. The Kier molecular flexibility index (Phi) is 5.03. The maximum absolute atomic E-state index is 13.2. The van der Waals surface area contributed by atoms with Crippen molar-refractivity contribution in [3.8, 4) is 0 Å². The van der Waals surface area contributed by atoms with Crippen molar-refractivity contribution in [3.63, 3.8) is 0 Å². The van der Waals surface area contributed by atoms with Crippen LogP contribution in [0.1, 0.15) is 23.8 Å². The highest BCUT2D eigenvalue weighted by Gasteiger charge is 2.51. The Bertz CT molecular complexity index is 823. The van der Waals surface area contributed by atoms with Crippen LogP contribution in [0, 0.1) is 5.82 Å². The summed E-state index contributed by atoms with van der Waals surface area (Å²) in [6, 6.07) is 8.55. The Morgan fingerprint density at radius 2 is 2.00 bits per heavy atom. The number of hydrogen-bond donors (Lipinski definition) is 2. The summed E-state index contributed by atoms with van der Waals surface area (Å²) in [5.74, 6) is -1.36. The van der Waals surface area contributed by atoms with Crippen LogP contribution >= 0.6 is 11.3 Å². The molecule has 8 heteroatoms. The number of urea groups is 1. The van der Waals surface area contributed by atoms with Gasteiger partial charge in [-0.3, -0.25) is 14.5 Å². The molecular weight excluding hydrogens is 357 g/mol. The highest BCUT2D eigenvalue weighted by molar-refractivity contribution is 7.09. The van der Waals surface area contributed by atoms with Crippen molar-refractivity contribution >= 4 is 29.2 Å². The molecule has 0 spiro atoms. The third-order valence-electron chi connectivity index (χ3n) is 4.38. The normalized spacial score (nSPS) is 19.5. The number of rotatable bonds is 6. The molecule has 26 heavy (non-hydrogen) atoms. The zero-order chi connectivity index (χ0) is 18.7. The molecule has 0 bridgehead atoms. The Morgan fingerprint density at radius 3 is 2.62 bits per heavy atom. The minimum Gasteiger partial charge on any atom is -0.350 e. The van der Waals surface area contributed by atoms with Crippen LogP contribution in [-0.4, -0.2) is 29.3 Å². The van der Waals surface area contributed by atoms with Crippen LogP contribution in [0.3, 0.4) is 0 Å². The van der Waals surface area contributed by atoms with Gasteiger partial charge in [0.05, 0.1) is 6.54 Å².